The minimum Gasteiger partial charge on any atom is -0.368 e. The van der Waals surface area contributed by atoms with E-state index < -0.39 is 6.55 Å². The Morgan fingerprint density at radius 2 is 1.92 bits per heavy atom. The van der Waals surface area contributed by atoms with Crippen molar-refractivity contribution in [2.75, 3.05) is 38.1 Å². The van der Waals surface area contributed by atoms with Crippen LogP contribution in [-0.4, -0.2) is 53.6 Å². The van der Waals surface area contributed by atoms with E-state index in [1.54, 1.807) is 7.05 Å². The van der Waals surface area contributed by atoms with E-state index in [4.69, 9.17) is 0 Å². The Hall–Kier alpha value is -2.64. The van der Waals surface area contributed by atoms with Gasteiger partial charge in [0.2, 0.25) is 0 Å². The van der Waals surface area contributed by atoms with Crippen LogP contribution in [0, 0.1) is 0 Å². The predicted octanol–water partition coefficient (Wildman–Crippen LogP) is 2.18. The van der Waals surface area contributed by atoms with E-state index in [9.17, 15) is 8.78 Å². The van der Waals surface area contributed by atoms with Gasteiger partial charge in [-0.25, -0.2) is 4.98 Å². The van der Waals surface area contributed by atoms with Crippen LogP contribution < -0.4 is 10.2 Å². The second-order valence-electron chi connectivity index (χ2n) is 5.74. The average Bonchev–Trinajstić information content (AvgIpc) is 3.12. The van der Waals surface area contributed by atoms with Crippen molar-refractivity contribution >= 4 is 11.6 Å². The Labute approximate surface area is 145 Å². The summed E-state index contributed by atoms with van der Waals surface area (Å²) in [6.07, 6.45) is 2.66. The van der Waals surface area contributed by atoms with E-state index >= 15 is 0 Å². The van der Waals surface area contributed by atoms with Crippen LogP contribution in [0.1, 0.15) is 12.4 Å². The fraction of sp³-hybridized carbons (Fsp3) is 0.412. The van der Waals surface area contributed by atoms with Gasteiger partial charge in [-0.15, -0.1) is 0 Å². The van der Waals surface area contributed by atoms with Crippen LogP contribution in [-0.2, 0) is 6.54 Å². The maximum Gasteiger partial charge on any atom is 0.319 e. The number of halogens is 2. The van der Waals surface area contributed by atoms with Crippen molar-refractivity contribution in [3.05, 3.63) is 48.5 Å². The first kappa shape index (κ1) is 17.2. The third-order valence-electron chi connectivity index (χ3n) is 4.28. The SMILES string of the molecule is CN=C(NCc1nccn1C(F)F)N1CCN(c2ccccc2)CC1. The molecule has 0 radical (unpaired) electrons. The van der Waals surface area contributed by atoms with E-state index in [1.165, 1.54) is 18.1 Å². The molecule has 2 heterocycles. The molecule has 0 bridgehead atoms. The summed E-state index contributed by atoms with van der Waals surface area (Å²) in [6, 6.07) is 10.3. The molecule has 1 aliphatic rings. The molecule has 1 N–H and O–H groups in total. The number of aromatic nitrogens is 2. The van der Waals surface area contributed by atoms with Crippen molar-refractivity contribution in [1.82, 2.24) is 19.8 Å². The molecule has 3 rings (SSSR count). The number of benzene rings is 1. The maximum atomic E-state index is 12.9. The molecular formula is C17H22F2N6. The number of para-hydroxylation sites is 1. The van der Waals surface area contributed by atoms with E-state index in [-0.39, 0.29) is 6.54 Å². The van der Waals surface area contributed by atoms with Crippen LogP contribution in [0.3, 0.4) is 0 Å². The zero-order valence-electron chi connectivity index (χ0n) is 14.1. The van der Waals surface area contributed by atoms with Gasteiger partial charge in [-0.2, -0.15) is 8.78 Å². The van der Waals surface area contributed by atoms with Crippen LogP contribution in [0.25, 0.3) is 0 Å². The van der Waals surface area contributed by atoms with Crippen LogP contribution >= 0.6 is 0 Å². The highest BCUT2D eigenvalue weighted by Crippen LogP contribution is 2.16. The van der Waals surface area contributed by atoms with Gasteiger partial charge in [-0.1, -0.05) is 18.2 Å². The topological polar surface area (TPSA) is 48.7 Å². The molecule has 0 saturated carbocycles. The molecule has 2 aromatic rings. The van der Waals surface area contributed by atoms with E-state index in [0.29, 0.717) is 11.8 Å². The Morgan fingerprint density at radius 3 is 2.56 bits per heavy atom. The first-order valence-electron chi connectivity index (χ1n) is 8.24. The molecule has 1 aliphatic heterocycles. The molecule has 25 heavy (non-hydrogen) atoms. The van der Waals surface area contributed by atoms with Crippen molar-refractivity contribution < 1.29 is 8.78 Å². The Balaban J connectivity index is 1.55. The van der Waals surface area contributed by atoms with E-state index in [2.05, 4.69) is 37.2 Å². The van der Waals surface area contributed by atoms with Crippen molar-refractivity contribution in [2.45, 2.75) is 13.1 Å². The molecule has 0 spiro atoms. The van der Waals surface area contributed by atoms with Crippen molar-refractivity contribution in [3.8, 4) is 0 Å². The second-order valence-corrected chi connectivity index (χ2v) is 5.74. The molecule has 1 saturated heterocycles. The number of piperazine rings is 1. The van der Waals surface area contributed by atoms with Gasteiger partial charge >= 0.3 is 6.55 Å². The van der Waals surface area contributed by atoms with Crippen LogP contribution in [0.5, 0.6) is 0 Å². The van der Waals surface area contributed by atoms with Gasteiger partial charge in [-0.05, 0) is 12.1 Å². The largest absolute Gasteiger partial charge is 0.368 e. The lowest BCUT2D eigenvalue weighted by Crippen LogP contribution is -2.52. The van der Waals surface area contributed by atoms with Gasteiger partial charge in [0.15, 0.2) is 5.96 Å². The lowest BCUT2D eigenvalue weighted by atomic mass is 10.2. The summed E-state index contributed by atoms with van der Waals surface area (Å²) in [5, 5.41) is 3.13. The molecule has 8 heteroatoms. The first-order chi connectivity index (χ1) is 12.2. The van der Waals surface area contributed by atoms with Gasteiger partial charge in [0, 0.05) is 51.3 Å². The molecule has 0 atom stereocenters. The maximum absolute atomic E-state index is 12.9. The normalized spacial score (nSPS) is 15.8. The number of nitrogens with one attached hydrogen (secondary N) is 1. The van der Waals surface area contributed by atoms with Gasteiger partial charge in [0.25, 0.3) is 0 Å². The second kappa shape index (κ2) is 7.96. The zero-order chi connectivity index (χ0) is 17.6. The molecular weight excluding hydrogens is 326 g/mol. The number of rotatable bonds is 4. The number of imidazole rings is 1. The summed E-state index contributed by atoms with van der Waals surface area (Å²) >= 11 is 0. The van der Waals surface area contributed by atoms with E-state index in [1.807, 2.05) is 18.2 Å². The van der Waals surface area contributed by atoms with Crippen LogP contribution in [0.2, 0.25) is 0 Å². The molecule has 6 nitrogen and oxygen atoms in total. The average molecular weight is 348 g/mol. The lowest BCUT2D eigenvalue weighted by Gasteiger charge is -2.37. The molecule has 0 aliphatic carbocycles. The zero-order valence-corrected chi connectivity index (χ0v) is 14.1. The fourth-order valence-corrected chi connectivity index (χ4v) is 2.96. The van der Waals surface area contributed by atoms with Crippen LogP contribution in [0.4, 0.5) is 14.5 Å². The number of nitrogens with zero attached hydrogens (tertiary/aromatic N) is 5. The number of aliphatic imine (C=N–C) groups is 1. The fourth-order valence-electron chi connectivity index (χ4n) is 2.96. The minimum absolute atomic E-state index is 0.211. The Kier molecular flexibility index (Phi) is 5.47. The highest BCUT2D eigenvalue weighted by Gasteiger charge is 2.20. The highest BCUT2D eigenvalue weighted by molar-refractivity contribution is 5.80. The number of anilines is 1. The molecule has 0 amide bonds. The summed E-state index contributed by atoms with van der Waals surface area (Å²) in [5.74, 6) is 0.996. The minimum atomic E-state index is -2.59. The molecule has 134 valence electrons. The Morgan fingerprint density at radius 1 is 1.20 bits per heavy atom. The molecule has 1 aromatic carbocycles. The van der Waals surface area contributed by atoms with Crippen molar-refractivity contribution in [3.63, 3.8) is 0 Å². The predicted molar refractivity (Wildman–Crippen MR) is 93.9 cm³/mol. The highest BCUT2D eigenvalue weighted by atomic mass is 19.3. The van der Waals surface area contributed by atoms with E-state index in [0.717, 1.165) is 30.7 Å². The first-order valence-corrected chi connectivity index (χ1v) is 8.24. The summed E-state index contributed by atoms with van der Waals surface area (Å²) < 4.78 is 26.6. The summed E-state index contributed by atoms with van der Waals surface area (Å²) in [7, 11) is 1.70. The quantitative estimate of drug-likeness (QED) is 0.680. The summed E-state index contributed by atoms with van der Waals surface area (Å²) in [5.41, 5.74) is 1.21. The van der Waals surface area contributed by atoms with Gasteiger partial charge in [0.1, 0.15) is 5.82 Å². The Bertz CT molecular complexity index is 692. The molecule has 1 aromatic heterocycles. The number of guanidine groups is 1. The van der Waals surface area contributed by atoms with Crippen molar-refractivity contribution in [1.29, 1.82) is 0 Å². The smallest absolute Gasteiger partial charge is 0.319 e. The number of hydrogen-bond donors (Lipinski definition) is 1. The summed E-state index contributed by atoms with van der Waals surface area (Å²) in [4.78, 5) is 12.7. The van der Waals surface area contributed by atoms with Crippen molar-refractivity contribution in [2.24, 2.45) is 4.99 Å². The number of hydrogen-bond acceptors (Lipinski definition) is 3. The van der Waals surface area contributed by atoms with Gasteiger partial charge < -0.3 is 15.1 Å². The molecule has 0 unspecified atom stereocenters. The third kappa shape index (κ3) is 4.07. The summed E-state index contributed by atoms with van der Waals surface area (Å²) in [6.45, 7) is 1.03. The van der Waals surface area contributed by atoms with Gasteiger partial charge in [0.05, 0.1) is 6.54 Å². The standard InChI is InChI=1S/C17H22F2N6/c1-20-17(22-13-15-21-7-8-25(15)16(18)19)24-11-9-23(10-12-24)14-5-3-2-4-6-14/h2-8,16H,9-13H2,1H3,(H,20,22). The third-order valence-corrected chi connectivity index (χ3v) is 4.28. The molecule has 1 fully saturated rings. The lowest BCUT2D eigenvalue weighted by molar-refractivity contribution is 0.0668. The number of alkyl halides is 2. The van der Waals surface area contributed by atoms with Crippen LogP contribution in [0.15, 0.2) is 47.7 Å². The van der Waals surface area contributed by atoms with Gasteiger partial charge in [-0.3, -0.25) is 9.56 Å². The monoisotopic (exact) mass is 348 g/mol.